The van der Waals surface area contributed by atoms with Gasteiger partial charge in [0.05, 0.1) is 34.0 Å². The fraction of sp³-hybridized carbons (Fsp3) is 0.102. The van der Waals surface area contributed by atoms with Crippen molar-refractivity contribution in [3.63, 3.8) is 0 Å². The molecule has 5 heteroatoms. The van der Waals surface area contributed by atoms with Gasteiger partial charge in [0.2, 0.25) is 0 Å². The number of rotatable bonds is 6. The number of nitrogens with zero attached hydrogens (tertiary/aromatic N) is 4. The minimum Gasteiger partial charge on any atom is -0.278 e. The number of fused-ring (bicyclic) bond motifs is 3. The summed E-state index contributed by atoms with van der Waals surface area (Å²) in [7, 11) is 0. The number of aryl methyl sites for hydroxylation is 1. The van der Waals surface area contributed by atoms with Gasteiger partial charge < -0.3 is 0 Å². The fourth-order valence-corrected chi connectivity index (χ4v) is 9.67. The third kappa shape index (κ3) is 7.20. The lowest BCUT2D eigenvalue weighted by Crippen LogP contribution is -2.32. The molecule has 64 heavy (non-hydrogen) atoms. The Morgan fingerprint density at radius 1 is 0.641 bits per heavy atom. The third-order valence-electron chi connectivity index (χ3n) is 13.0. The van der Waals surface area contributed by atoms with Crippen molar-refractivity contribution in [2.24, 2.45) is 16.8 Å². The largest absolute Gasteiger partial charge is 0.278 e. The molecule has 1 atom stereocenters. The SMILES string of the molecule is CC1=C(c2ccc(C3=Cc4ccccc4/C(=C4\C=CC=CC4C)N3N)cc2)N=C(c2ccc(C3=CCCc4cccnc43)cc2)C=C(c2ccc(-c3cccc4cccnc34)cc2)C1. The van der Waals surface area contributed by atoms with Crippen molar-refractivity contribution in [3.8, 4) is 11.1 Å². The molecule has 0 spiro atoms. The molecule has 5 nitrogen and oxygen atoms in total. The first-order chi connectivity index (χ1) is 31.5. The molecular weight excluding hydrogens is 779 g/mol. The van der Waals surface area contributed by atoms with Crippen LogP contribution < -0.4 is 5.84 Å². The number of benzene rings is 5. The maximum atomic E-state index is 7.09. The molecule has 7 aromatic rings. The molecule has 308 valence electrons. The zero-order valence-corrected chi connectivity index (χ0v) is 36.0. The van der Waals surface area contributed by atoms with Gasteiger partial charge in [0, 0.05) is 51.5 Å². The van der Waals surface area contributed by atoms with Crippen LogP contribution in [0.2, 0.25) is 0 Å². The first kappa shape index (κ1) is 39.1. The third-order valence-corrected chi connectivity index (χ3v) is 13.0. The van der Waals surface area contributed by atoms with Gasteiger partial charge in [-0.2, -0.15) is 0 Å². The van der Waals surface area contributed by atoms with Crippen LogP contribution in [-0.2, 0) is 6.42 Å². The predicted molar refractivity (Wildman–Crippen MR) is 266 cm³/mol. The molecule has 0 bridgehead atoms. The van der Waals surface area contributed by atoms with E-state index in [4.69, 9.17) is 20.8 Å². The van der Waals surface area contributed by atoms with Gasteiger partial charge in [-0.3, -0.25) is 15.0 Å². The van der Waals surface area contributed by atoms with E-state index in [0.29, 0.717) is 0 Å². The van der Waals surface area contributed by atoms with Crippen LogP contribution in [0.25, 0.3) is 56.3 Å². The maximum absolute atomic E-state index is 7.09. The monoisotopic (exact) mass is 825 g/mol. The fourth-order valence-electron chi connectivity index (χ4n) is 9.67. The molecule has 0 radical (unpaired) electrons. The van der Waals surface area contributed by atoms with E-state index in [1.54, 1.807) is 0 Å². The van der Waals surface area contributed by atoms with Crippen molar-refractivity contribution in [1.29, 1.82) is 0 Å². The minimum atomic E-state index is 0.241. The molecule has 2 aliphatic heterocycles. The Kier molecular flexibility index (Phi) is 10.1. The molecule has 0 amide bonds. The Labute approximate surface area is 375 Å². The number of aromatic nitrogens is 2. The molecule has 2 aromatic heterocycles. The van der Waals surface area contributed by atoms with E-state index in [2.05, 4.69) is 184 Å². The summed E-state index contributed by atoms with van der Waals surface area (Å²) in [5.41, 5.74) is 22.2. The summed E-state index contributed by atoms with van der Waals surface area (Å²) in [5, 5.41) is 3.01. The minimum absolute atomic E-state index is 0.241. The second kappa shape index (κ2) is 16.5. The molecule has 0 fully saturated rings. The maximum Gasteiger partial charge on any atom is 0.0780 e. The van der Waals surface area contributed by atoms with Gasteiger partial charge in [-0.05, 0) is 101 Å². The highest BCUT2D eigenvalue weighted by atomic mass is 15.4. The summed E-state index contributed by atoms with van der Waals surface area (Å²) in [6, 6.07) is 49.8. The summed E-state index contributed by atoms with van der Waals surface area (Å²) in [4.78, 5) is 15.0. The summed E-state index contributed by atoms with van der Waals surface area (Å²) < 4.78 is 0. The number of aliphatic imine (C=N–C) groups is 1. The molecule has 0 saturated carbocycles. The lowest BCUT2D eigenvalue weighted by atomic mass is 9.87. The summed E-state index contributed by atoms with van der Waals surface area (Å²) >= 11 is 0. The molecule has 4 aliphatic rings. The van der Waals surface area contributed by atoms with Crippen molar-refractivity contribution in [2.75, 3.05) is 0 Å². The van der Waals surface area contributed by atoms with Crippen LogP contribution >= 0.6 is 0 Å². The van der Waals surface area contributed by atoms with Gasteiger partial charge in [-0.15, -0.1) is 0 Å². The highest BCUT2D eigenvalue weighted by Crippen LogP contribution is 2.41. The molecule has 2 aliphatic carbocycles. The Morgan fingerprint density at radius 3 is 2.19 bits per heavy atom. The van der Waals surface area contributed by atoms with Crippen LogP contribution in [0.5, 0.6) is 0 Å². The number of para-hydroxylation sites is 1. The Morgan fingerprint density at radius 2 is 1.34 bits per heavy atom. The van der Waals surface area contributed by atoms with Crippen LogP contribution in [0.15, 0.2) is 205 Å². The van der Waals surface area contributed by atoms with Crippen LogP contribution in [0.1, 0.15) is 76.9 Å². The van der Waals surface area contributed by atoms with Gasteiger partial charge in [0.15, 0.2) is 0 Å². The van der Waals surface area contributed by atoms with Crippen molar-refractivity contribution in [3.05, 3.63) is 250 Å². The molecule has 2 N–H and O–H groups in total. The van der Waals surface area contributed by atoms with Crippen molar-refractivity contribution in [2.45, 2.75) is 33.1 Å². The average Bonchev–Trinajstić information content (AvgIpc) is 3.53. The standard InChI is InChI=1S/C59H47N5/c1-38-11-3-5-17-50(38)59-53-18-6-4-12-48(53)37-55(64(59)60)44-29-31-47(32-30-44)56-39(2)35-49(40-21-23-41(24-22-40)51-19-7-13-45-15-9-33-61-57(45)51)36-54(63-56)43-27-25-42(26-28-43)52-20-8-14-46-16-10-34-62-58(46)52/h3-7,9-13,15-34,36-38H,8,14,35,60H2,1-2H3/b59-50-. The zero-order valence-electron chi connectivity index (χ0n) is 36.0. The van der Waals surface area contributed by atoms with E-state index in [0.717, 1.165) is 97.6 Å². The normalized spacial score (nSPS) is 18.2. The molecule has 1 unspecified atom stereocenters. The van der Waals surface area contributed by atoms with Crippen LogP contribution in [0.4, 0.5) is 0 Å². The molecule has 4 heterocycles. The summed E-state index contributed by atoms with van der Waals surface area (Å²) in [6.07, 6.45) is 22.0. The van der Waals surface area contributed by atoms with Crippen molar-refractivity contribution >= 4 is 50.9 Å². The summed E-state index contributed by atoms with van der Waals surface area (Å²) in [6.45, 7) is 4.44. The van der Waals surface area contributed by atoms with Gasteiger partial charge in [-0.25, -0.2) is 10.8 Å². The van der Waals surface area contributed by atoms with Crippen molar-refractivity contribution < 1.29 is 0 Å². The van der Waals surface area contributed by atoms with Gasteiger partial charge in [0.25, 0.3) is 0 Å². The highest BCUT2D eigenvalue weighted by Gasteiger charge is 2.27. The van der Waals surface area contributed by atoms with Gasteiger partial charge >= 0.3 is 0 Å². The molecule has 11 rings (SSSR count). The average molecular weight is 826 g/mol. The van der Waals surface area contributed by atoms with E-state index in [9.17, 15) is 0 Å². The molecular formula is C59H47N5. The number of hydrazine groups is 1. The van der Waals surface area contributed by atoms with Gasteiger partial charge in [0.1, 0.15) is 0 Å². The Hall–Kier alpha value is -7.73. The first-order valence-corrected chi connectivity index (χ1v) is 22.2. The van der Waals surface area contributed by atoms with Crippen LogP contribution in [-0.4, -0.2) is 20.7 Å². The van der Waals surface area contributed by atoms with Gasteiger partial charge in [-0.1, -0.05) is 165 Å². The first-order valence-electron chi connectivity index (χ1n) is 22.2. The number of hydrogen-bond acceptors (Lipinski definition) is 5. The smallest absolute Gasteiger partial charge is 0.0780 e. The lowest BCUT2D eigenvalue weighted by molar-refractivity contribution is 0.584. The van der Waals surface area contributed by atoms with E-state index < -0.39 is 0 Å². The second-order valence-electron chi connectivity index (χ2n) is 17.1. The summed E-state index contributed by atoms with van der Waals surface area (Å²) in [5.74, 6) is 7.33. The Balaban J connectivity index is 0.967. The highest BCUT2D eigenvalue weighted by molar-refractivity contribution is 6.15. The number of nitrogens with two attached hydrogens (primary N) is 1. The lowest BCUT2D eigenvalue weighted by Gasteiger charge is -2.33. The van der Waals surface area contributed by atoms with E-state index in [1.807, 2.05) is 29.5 Å². The number of allylic oxidation sites excluding steroid dienone is 9. The van der Waals surface area contributed by atoms with E-state index in [-0.39, 0.29) is 5.92 Å². The van der Waals surface area contributed by atoms with Crippen molar-refractivity contribution in [1.82, 2.24) is 15.0 Å². The van der Waals surface area contributed by atoms with E-state index in [1.165, 1.54) is 39.0 Å². The van der Waals surface area contributed by atoms with E-state index >= 15 is 0 Å². The molecule has 0 saturated heterocycles. The second-order valence-corrected chi connectivity index (χ2v) is 17.1. The van der Waals surface area contributed by atoms with Crippen LogP contribution in [0, 0.1) is 5.92 Å². The predicted octanol–water partition coefficient (Wildman–Crippen LogP) is 13.5. The Bertz CT molecular complexity index is 3240. The van der Waals surface area contributed by atoms with Crippen LogP contribution in [0.3, 0.4) is 0 Å². The topological polar surface area (TPSA) is 67.4 Å². The number of pyridine rings is 2. The zero-order chi connectivity index (χ0) is 43.1. The number of hydrogen-bond donors (Lipinski definition) is 1. The molecule has 5 aromatic carbocycles. The quantitative estimate of drug-likeness (QED) is 0.170.